The maximum Gasteiger partial charge on any atom is 0.339 e. The Morgan fingerprint density at radius 1 is 1.41 bits per heavy atom. The molecule has 0 amide bonds. The van der Waals surface area contributed by atoms with Gasteiger partial charge in [-0.25, -0.2) is 4.79 Å². The van der Waals surface area contributed by atoms with Gasteiger partial charge in [0.15, 0.2) is 5.78 Å². The van der Waals surface area contributed by atoms with E-state index in [9.17, 15) is 9.59 Å². The average Bonchev–Trinajstić information content (AvgIpc) is 2.29. The summed E-state index contributed by atoms with van der Waals surface area (Å²) >= 11 is 5.27. The van der Waals surface area contributed by atoms with Gasteiger partial charge in [-0.3, -0.25) is 4.79 Å². The number of alkyl halides is 1. The second kappa shape index (κ2) is 7.10. The van der Waals surface area contributed by atoms with Gasteiger partial charge in [0.1, 0.15) is 0 Å². The number of hydrogen-bond acceptors (Lipinski definition) is 3. The van der Waals surface area contributed by atoms with Gasteiger partial charge in [0.2, 0.25) is 0 Å². The fourth-order valence-electron chi connectivity index (χ4n) is 1.29. The van der Waals surface area contributed by atoms with Crippen molar-refractivity contribution in [3.63, 3.8) is 0 Å². The van der Waals surface area contributed by atoms with Crippen molar-refractivity contribution in [1.82, 2.24) is 0 Å². The van der Waals surface area contributed by atoms with E-state index in [1.165, 1.54) is 0 Å². The predicted octanol–water partition coefficient (Wildman–Crippen LogP) is 3.44. The number of rotatable bonds is 5. The lowest BCUT2D eigenvalue weighted by atomic mass is 10.1. The minimum atomic E-state index is -0.351. The van der Waals surface area contributed by atoms with Crippen molar-refractivity contribution in [2.24, 2.45) is 0 Å². The van der Waals surface area contributed by atoms with E-state index >= 15 is 0 Å². The minimum absolute atomic E-state index is 0.0650. The first-order valence-corrected chi connectivity index (χ1v) is 7.36. The van der Waals surface area contributed by atoms with Crippen LogP contribution in [0, 0.1) is 3.57 Å². The van der Waals surface area contributed by atoms with Crippen LogP contribution < -0.4 is 0 Å². The molecule has 0 radical (unpaired) electrons. The molecule has 0 aliphatic heterocycles. The van der Waals surface area contributed by atoms with E-state index in [4.69, 9.17) is 4.74 Å². The Hall–Kier alpha value is -0.430. The first kappa shape index (κ1) is 14.6. The van der Waals surface area contributed by atoms with Crippen LogP contribution in [0.25, 0.3) is 0 Å². The average molecular weight is 411 g/mol. The van der Waals surface area contributed by atoms with E-state index in [0.29, 0.717) is 29.5 Å². The van der Waals surface area contributed by atoms with Crippen LogP contribution in [0.4, 0.5) is 0 Å². The lowest BCUT2D eigenvalue weighted by molar-refractivity contribution is 0.0525. The number of Topliss-reactive ketones (excluding diaryl/α,β-unsaturated/α-hetero) is 1. The minimum Gasteiger partial charge on any atom is -0.462 e. The van der Waals surface area contributed by atoms with Crippen LogP contribution >= 0.6 is 38.5 Å². The standard InChI is InChI=1S/C12H12BrIO3/c1-2-17-12(16)9-4-3-8(7-10(9)14)11(15)5-6-13/h3-4,7H,2,5-6H2,1H3. The summed E-state index contributed by atoms with van der Waals surface area (Å²) in [5, 5.41) is 0.641. The van der Waals surface area contributed by atoms with Crippen molar-refractivity contribution >= 4 is 50.3 Å². The van der Waals surface area contributed by atoms with E-state index in [1.54, 1.807) is 25.1 Å². The zero-order valence-electron chi connectivity index (χ0n) is 9.33. The maximum atomic E-state index is 11.7. The number of ether oxygens (including phenoxy) is 1. The maximum absolute atomic E-state index is 11.7. The Morgan fingerprint density at radius 3 is 2.65 bits per heavy atom. The molecule has 1 rings (SSSR count). The van der Waals surface area contributed by atoms with Crippen LogP contribution in [0.3, 0.4) is 0 Å². The summed E-state index contributed by atoms with van der Waals surface area (Å²) in [6, 6.07) is 5.03. The van der Waals surface area contributed by atoms with Gasteiger partial charge in [-0.05, 0) is 41.6 Å². The molecule has 0 N–H and O–H groups in total. The molecule has 0 heterocycles. The number of esters is 1. The molecule has 0 fully saturated rings. The van der Waals surface area contributed by atoms with E-state index in [0.717, 1.165) is 3.57 Å². The second-order valence-corrected chi connectivity index (χ2v) is 5.23. The topological polar surface area (TPSA) is 43.4 Å². The molecule has 0 saturated heterocycles. The van der Waals surface area contributed by atoms with Crippen molar-refractivity contribution < 1.29 is 14.3 Å². The quantitative estimate of drug-likeness (QED) is 0.323. The number of carbonyl (C=O) groups is 2. The van der Waals surface area contributed by atoms with Gasteiger partial charge in [0, 0.05) is 20.9 Å². The zero-order valence-corrected chi connectivity index (χ0v) is 13.1. The van der Waals surface area contributed by atoms with E-state index in [1.807, 2.05) is 22.6 Å². The van der Waals surface area contributed by atoms with Crippen LogP contribution in [0.2, 0.25) is 0 Å². The van der Waals surface area contributed by atoms with Gasteiger partial charge >= 0.3 is 5.97 Å². The fourth-order valence-corrected chi connectivity index (χ4v) is 2.39. The lowest BCUT2D eigenvalue weighted by Crippen LogP contribution is -2.08. The molecule has 1 aromatic carbocycles. The highest BCUT2D eigenvalue weighted by Crippen LogP contribution is 2.17. The molecule has 0 saturated carbocycles. The van der Waals surface area contributed by atoms with Gasteiger partial charge in [0.25, 0.3) is 0 Å². The van der Waals surface area contributed by atoms with Crippen LogP contribution in [0.15, 0.2) is 18.2 Å². The Labute approximate surface area is 122 Å². The zero-order chi connectivity index (χ0) is 12.8. The van der Waals surface area contributed by atoms with Gasteiger partial charge < -0.3 is 4.74 Å². The molecule has 0 spiro atoms. The van der Waals surface area contributed by atoms with Gasteiger partial charge in [-0.1, -0.05) is 22.0 Å². The van der Waals surface area contributed by atoms with Crippen molar-refractivity contribution in [2.45, 2.75) is 13.3 Å². The summed E-state index contributed by atoms with van der Waals surface area (Å²) in [6.07, 6.45) is 0.453. The molecule has 1 aromatic rings. The first-order chi connectivity index (χ1) is 8.10. The molecular weight excluding hydrogens is 399 g/mol. The Bertz CT molecular complexity index is 432. The molecule has 0 atom stereocenters. The molecule has 92 valence electrons. The Kier molecular flexibility index (Phi) is 6.11. The molecule has 0 aliphatic rings. The second-order valence-electron chi connectivity index (χ2n) is 3.28. The molecule has 17 heavy (non-hydrogen) atoms. The number of halogens is 2. The molecule has 0 bridgehead atoms. The normalized spacial score (nSPS) is 10.1. The molecule has 5 heteroatoms. The van der Waals surface area contributed by atoms with Crippen molar-refractivity contribution in [2.75, 3.05) is 11.9 Å². The van der Waals surface area contributed by atoms with Gasteiger partial charge in [-0.2, -0.15) is 0 Å². The third-order valence-corrected chi connectivity index (χ3v) is 3.40. The molecule has 0 aromatic heterocycles. The van der Waals surface area contributed by atoms with Crippen LogP contribution in [0.1, 0.15) is 34.1 Å². The number of hydrogen-bond donors (Lipinski definition) is 0. The summed E-state index contributed by atoms with van der Waals surface area (Å²) in [4.78, 5) is 23.2. The number of benzene rings is 1. The molecule has 3 nitrogen and oxygen atoms in total. The van der Waals surface area contributed by atoms with Gasteiger partial charge in [-0.15, -0.1) is 0 Å². The van der Waals surface area contributed by atoms with Gasteiger partial charge in [0.05, 0.1) is 12.2 Å². The number of ketones is 1. The van der Waals surface area contributed by atoms with E-state index in [-0.39, 0.29) is 11.8 Å². The third kappa shape index (κ3) is 4.06. The summed E-state index contributed by atoms with van der Waals surface area (Å²) in [5.41, 5.74) is 1.13. The third-order valence-electron chi connectivity index (χ3n) is 2.11. The van der Waals surface area contributed by atoms with Crippen LogP contribution in [-0.2, 0) is 4.74 Å². The summed E-state index contributed by atoms with van der Waals surface area (Å²) in [7, 11) is 0. The first-order valence-electron chi connectivity index (χ1n) is 5.16. The van der Waals surface area contributed by atoms with Crippen LogP contribution in [-0.4, -0.2) is 23.7 Å². The fraction of sp³-hybridized carbons (Fsp3) is 0.333. The molecule has 0 unspecified atom stereocenters. The Morgan fingerprint density at radius 2 is 2.12 bits per heavy atom. The molecule has 0 aliphatic carbocycles. The lowest BCUT2D eigenvalue weighted by Gasteiger charge is -2.06. The van der Waals surface area contributed by atoms with Crippen LogP contribution in [0.5, 0.6) is 0 Å². The smallest absolute Gasteiger partial charge is 0.339 e. The highest BCUT2D eigenvalue weighted by Gasteiger charge is 2.13. The van der Waals surface area contributed by atoms with Crippen molar-refractivity contribution in [3.05, 3.63) is 32.9 Å². The highest BCUT2D eigenvalue weighted by atomic mass is 127. The summed E-state index contributed by atoms with van der Waals surface area (Å²) in [5.74, 6) is -0.286. The molecular formula is C12H12BrIO3. The highest BCUT2D eigenvalue weighted by molar-refractivity contribution is 14.1. The van der Waals surface area contributed by atoms with Crippen molar-refractivity contribution in [1.29, 1.82) is 0 Å². The SMILES string of the molecule is CCOC(=O)c1ccc(C(=O)CCBr)cc1I. The number of carbonyl (C=O) groups excluding carboxylic acids is 2. The summed E-state index contributed by atoms with van der Waals surface area (Å²) < 4.78 is 5.66. The summed E-state index contributed by atoms with van der Waals surface area (Å²) in [6.45, 7) is 2.11. The van der Waals surface area contributed by atoms with E-state index in [2.05, 4.69) is 15.9 Å². The van der Waals surface area contributed by atoms with E-state index < -0.39 is 0 Å². The Balaban J connectivity index is 2.93. The monoisotopic (exact) mass is 410 g/mol. The van der Waals surface area contributed by atoms with Crippen molar-refractivity contribution in [3.8, 4) is 0 Å². The predicted molar refractivity (Wildman–Crippen MR) is 77.9 cm³/mol. The largest absolute Gasteiger partial charge is 0.462 e.